The highest BCUT2D eigenvalue weighted by Crippen LogP contribution is 2.23. The molecule has 108 valence electrons. The molecule has 0 fully saturated rings. The molecular formula is C17H15ClO2S. The molecule has 0 aliphatic heterocycles. The van der Waals surface area contributed by atoms with E-state index >= 15 is 0 Å². The number of thioether (sulfide) groups is 1. The third kappa shape index (κ3) is 5.29. The summed E-state index contributed by atoms with van der Waals surface area (Å²) in [6, 6.07) is 15.7. The minimum Gasteiger partial charge on any atom is -0.478 e. The van der Waals surface area contributed by atoms with Gasteiger partial charge in [0.15, 0.2) is 0 Å². The maximum Gasteiger partial charge on any atom is 0.328 e. The Kier molecular flexibility index (Phi) is 5.90. The lowest BCUT2D eigenvalue weighted by molar-refractivity contribution is -0.131. The molecule has 4 heteroatoms. The van der Waals surface area contributed by atoms with Crippen LogP contribution in [-0.4, -0.2) is 11.1 Å². The molecule has 1 N–H and O–H groups in total. The van der Waals surface area contributed by atoms with Gasteiger partial charge in [-0.25, -0.2) is 4.79 Å². The van der Waals surface area contributed by atoms with Gasteiger partial charge in [-0.15, -0.1) is 0 Å². The largest absolute Gasteiger partial charge is 0.478 e. The van der Waals surface area contributed by atoms with E-state index in [2.05, 4.69) is 0 Å². The van der Waals surface area contributed by atoms with Crippen LogP contribution in [0.1, 0.15) is 16.7 Å². The molecule has 0 bridgehead atoms. The molecule has 0 saturated heterocycles. The third-order valence-electron chi connectivity index (χ3n) is 2.85. The van der Waals surface area contributed by atoms with Crippen molar-refractivity contribution in [3.05, 3.63) is 76.3 Å². The standard InChI is InChI=1S/C17H15ClO2S/c18-16-7-2-1-6-15(16)12-21-11-14-5-3-4-13(10-14)8-9-17(19)20/h1-10H,11-12H2,(H,19,20)/b9-8+. The van der Waals surface area contributed by atoms with E-state index in [0.717, 1.165) is 33.7 Å². The summed E-state index contributed by atoms with van der Waals surface area (Å²) in [6.07, 6.45) is 2.75. The monoisotopic (exact) mass is 318 g/mol. The van der Waals surface area contributed by atoms with E-state index in [1.807, 2.05) is 48.5 Å². The maximum absolute atomic E-state index is 10.5. The summed E-state index contributed by atoms with van der Waals surface area (Å²) >= 11 is 7.91. The predicted molar refractivity (Wildman–Crippen MR) is 89.6 cm³/mol. The number of carboxylic acids is 1. The summed E-state index contributed by atoms with van der Waals surface area (Å²) in [4.78, 5) is 10.5. The average Bonchev–Trinajstić information content (AvgIpc) is 2.48. The summed E-state index contributed by atoms with van der Waals surface area (Å²) in [5.41, 5.74) is 3.19. The van der Waals surface area contributed by atoms with Crippen LogP contribution < -0.4 is 0 Å². The van der Waals surface area contributed by atoms with E-state index in [9.17, 15) is 4.79 Å². The van der Waals surface area contributed by atoms with Crippen molar-refractivity contribution in [2.75, 3.05) is 0 Å². The van der Waals surface area contributed by atoms with Crippen LogP contribution in [0.25, 0.3) is 6.08 Å². The minimum absolute atomic E-state index is 0.795. The first kappa shape index (κ1) is 15.7. The molecule has 0 unspecified atom stereocenters. The van der Waals surface area contributed by atoms with Crippen molar-refractivity contribution in [3.63, 3.8) is 0 Å². The molecule has 0 saturated carbocycles. The Balaban J connectivity index is 1.93. The fourth-order valence-corrected chi connectivity index (χ4v) is 3.12. The molecule has 2 aromatic rings. The van der Waals surface area contributed by atoms with Crippen LogP contribution >= 0.6 is 23.4 Å². The van der Waals surface area contributed by atoms with Crippen LogP contribution in [0.5, 0.6) is 0 Å². The quantitative estimate of drug-likeness (QED) is 0.772. The lowest BCUT2D eigenvalue weighted by atomic mass is 10.1. The highest BCUT2D eigenvalue weighted by Gasteiger charge is 2.00. The molecule has 2 rings (SSSR count). The van der Waals surface area contributed by atoms with Gasteiger partial charge in [0.2, 0.25) is 0 Å². The SMILES string of the molecule is O=C(O)/C=C/c1cccc(CSCc2ccccc2Cl)c1. The van der Waals surface area contributed by atoms with Crippen LogP contribution in [0, 0.1) is 0 Å². The molecule has 0 radical (unpaired) electrons. The normalized spacial score (nSPS) is 10.9. The number of carboxylic acid groups (broad SMARTS) is 1. The first-order chi connectivity index (χ1) is 10.1. The van der Waals surface area contributed by atoms with Gasteiger partial charge in [-0.1, -0.05) is 54.1 Å². The van der Waals surface area contributed by atoms with Gasteiger partial charge >= 0.3 is 5.97 Å². The van der Waals surface area contributed by atoms with Gasteiger partial charge in [0.25, 0.3) is 0 Å². The van der Waals surface area contributed by atoms with Gasteiger partial charge in [0, 0.05) is 22.6 Å². The molecule has 0 aliphatic carbocycles. The van der Waals surface area contributed by atoms with Gasteiger partial charge in [-0.05, 0) is 28.8 Å². The number of rotatable bonds is 6. The van der Waals surface area contributed by atoms with E-state index < -0.39 is 5.97 Å². The third-order valence-corrected chi connectivity index (χ3v) is 4.27. The predicted octanol–water partition coefficient (Wildman–Crippen LogP) is 4.87. The summed E-state index contributed by atoms with van der Waals surface area (Å²) < 4.78 is 0. The van der Waals surface area contributed by atoms with Gasteiger partial charge in [-0.3, -0.25) is 0 Å². The Morgan fingerprint density at radius 2 is 1.95 bits per heavy atom. The van der Waals surface area contributed by atoms with Crippen molar-refractivity contribution in [2.45, 2.75) is 11.5 Å². The number of aliphatic carboxylic acids is 1. The van der Waals surface area contributed by atoms with E-state index in [4.69, 9.17) is 16.7 Å². The van der Waals surface area contributed by atoms with Crippen LogP contribution in [0.15, 0.2) is 54.6 Å². The Bertz CT molecular complexity index is 653. The van der Waals surface area contributed by atoms with Crippen LogP contribution in [0.3, 0.4) is 0 Å². The Hall–Kier alpha value is -1.71. The molecule has 0 amide bonds. The lowest BCUT2D eigenvalue weighted by Crippen LogP contribution is -1.87. The highest BCUT2D eigenvalue weighted by molar-refractivity contribution is 7.97. The number of benzene rings is 2. The van der Waals surface area contributed by atoms with Crippen molar-refractivity contribution in [1.82, 2.24) is 0 Å². The maximum atomic E-state index is 10.5. The summed E-state index contributed by atoms with van der Waals surface area (Å²) in [5.74, 6) is 0.781. The minimum atomic E-state index is -0.937. The van der Waals surface area contributed by atoms with Crippen molar-refractivity contribution < 1.29 is 9.90 Å². The number of halogens is 1. The van der Waals surface area contributed by atoms with Gasteiger partial charge in [0.05, 0.1) is 0 Å². The van der Waals surface area contributed by atoms with Crippen LogP contribution in [0.4, 0.5) is 0 Å². The van der Waals surface area contributed by atoms with Gasteiger partial charge in [0.1, 0.15) is 0 Å². The number of carbonyl (C=O) groups is 1. The van der Waals surface area contributed by atoms with Gasteiger partial charge in [-0.2, -0.15) is 11.8 Å². The molecule has 0 aliphatic rings. The average molecular weight is 319 g/mol. The van der Waals surface area contributed by atoms with Crippen molar-refractivity contribution in [1.29, 1.82) is 0 Å². The van der Waals surface area contributed by atoms with Gasteiger partial charge < -0.3 is 5.11 Å². The number of hydrogen-bond donors (Lipinski definition) is 1. The molecule has 2 aromatic carbocycles. The molecule has 21 heavy (non-hydrogen) atoms. The zero-order valence-corrected chi connectivity index (χ0v) is 12.9. The molecule has 0 heterocycles. The second-order valence-corrected chi connectivity index (χ2v) is 5.89. The molecular weight excluding hydrogens is 304 g/mol. The summed E-state index contributed by atoms with van der Waals surface area (Å²) in [5, 5.41) is 9.43. The second-order valence-electron chi connectivity index (χ2n) is 4.50. The Morgan fingerprint density at radius 1 is 1.14 bits per heavy atom. The zero-order valence-electron chi connectivity index (χ0n) is 11.3. The zero-order chi connectivity index (χ0) is 15.1. The van der Waals surface area contributed by atoms with Crippen molar-refractivity contribution in [3.8, 4) is 0 Å². The molecule has 0 atom stereocenters. The highest BCUT2D eigenvalue weighted by atomic mass is 35.5. The Morgan fingerprint density at radius 3 is 2.71 bits per heavy atom. The van der Waals surface area contributed by atoms with E-state index in [1.54, 1.807) is 17.8 Å². The Labute approximate surface area is 133 Å². The van der Waals surface area contributed by atoms with E-state index in [0.29, 0.717) is 0 Å². The smallest absolute Gasteiger partial charge is 0.328 e. The van der Waals surface area contributed by atoms with Crippen molar-refractivity contribution in [2.24, 2.45) is 0 Å². The number of hydrogen-bond acceptors (Lipinski definition) is 2. The first-order valence-electron chi connectivity index (χ1n) is 6.46. The first-order valence-corrected chi connectivity index (χ1v) is 7.99. The fourth-order valence-electron chi connectivity index (χ4n) is 1.85. The molecule has 0 aromatic heterocycles. The molecule has 0 spiro atoms. The molecule has 2 nitrogen and oxygen atoms in total. The van der Waals surface area contributed by atoms with Crippen LogP contribution in [-0.2, 0) is 16.3 Å². The lowest BCUT2D eigenvalue weighted by Gasteiger charge is -2.05. The summed E-state index contributed by atoms with van der Waals surface area (Å²) in [6.45, 7) is 0. The van der Waals surface area contributed by atoms with E-state index in [-0.39, 0.29) is 0 Å². The second kappa shape index (κ2) is 7.91. The van der Waals surface area contributed by atoms with Crippen molar-refractivity contribution >= 4 is 35.4 Å². The summed E-state index contributed by atoms with van der Waals surface area (Å²) in [7, 11) is 0. The topological polar surface area (TPSA) is 37.3 Å². The van der Waals surface area contributed by atoms with Crippen LogP contribution in [0.2, 0.25) is 5.02 Å². The fraction of sp³-hybridized carbons (Fsp3) is 0.118. The van der Waals surface area contributed by atoms with E-state index in [1.165, 1.54) is 5.56 Å².